The second kappa shape index (κ2) is 12.5. The minimum Gasteiger partial charge on any atom is -0.484 e. The first kappa shape index (κ1) is 32.7. The first-order chi connectivity index (χ1) is 23.6. The van der Waals surface area contributed by atoms with Crippen LogP contribution in [0.15, 0.2) is 65.2 Å². The highest BCUT2D eigenvalue weighted by Gasteiger charge is 2.68. The summed E-state index contributed by atoms with van der Waals surface area (Å²) < 4.78 is 24.3. The lowest BCUT2D eigenvalue weighted by molar-refractivity contribution is -0.159. The summed E-state index contributed by atoms with van der Waals surface area (Å²) in [5.41, 5.74) is 1.73. The number of ether oxygens (including phenoxy) is 3. The summed E-state index contributed by atoms with van der Waals surface area (Å²) >= 11 is 0. The number of aryl methyl sites for hydroxylation is 1. The van der Waals surface area contributed by atoms with Crippen LogP contribution < -0.4 is 14.4 Å². The normalized spacial score (nSPS) is 24.2. The van der Waals surface area contributed by atoms with Crippen molar-refractivity contribution in [1.29, 1.82) is 0 Å². The number of methoxy groups -OCH3 is 1. The molecule has 254 valence electrons. The average molecular weight is 665 g/mol. The average Bonchev–Trinajstić information content (AvgIpc) is 3.51. The Morgan fingerprint density at radius 2 is 1.53 bits per heavy atom. The topological polar surface area (TPSA) is 124 Å². The molecule has 7 rings (SSSR count). The maximum atomic E-state index is 15.0. The van der Waals surface area contributed by atoms with E-state index in [0.29, 0.717) is 41.4 Å². The molecule has 2 aromatic carbocycles. The van der Waals surface area contributed by atoms with E-state index in [1.807, 2.05) is 101 Å². The Morgan fingerprint density at radius 1 is 0.898 bits per heavy atom. The van der Waals surface area contributed by atoms with Crippen LogP contribution in [-0.4, -0.2) is 73.3 Å². The predicted octanol–water partition coefficient (Wildman–Crippen LogP) is 5.05. The number of hydrogen-bond acceptors (Lipinski definition) is 11. The molecule has 2 aromatic heterocycles. The van der Waals surface area contributed by atoms with Crippen LogP contribution in [0.1, 0.15) is 61.3 Å². The number of pyridine rings is 1. The lowest BCUT2D eigenvalue weighted by Gasteiger charge is -2.52. The van der Waals surface area contributed by atoms with Crippen LogP contribution in [-0.2, 0) is 29.2 Å². The van der Waals surface area contributed by atoms with Gasteiger partial charge in [0.15, 0.2) is 34.5 Å². The van der Waals surface area contributed by atoms with E-state index in [0.717, 1.165) is 16.7 Å². The van der Waals surface area contributed by atoms with Gasteiger partial charge >= 0.3 is 0 Å². The molecule has 0 aliphatic heterocycles. The van der Waals surface area contributed by atoms with Crippen molar-refractivity contribution in [3.05, 3.63) is 99.9 Å². The molecule has 1 saturated carbocycles. The van der Waals surface area contributed by atoms with Crippen molar-refractivity contribution in [3.63, 3.8) is 0 Å². The van der Waals surface area contributed by atoms with Crippen LogP contribution in [0.2, 0.25) is 0 Å². The Bertz CT molecular complexity index is 1920. The largest absolute Gasteiger partial charge is 0.484 e. The lowest BCUT2D eigenvalue weighted by Crippen LogP contribution is -2.67. The number of rotatable bonds is 9. The van der Waals surface area contributed by atoms with Gasteiger partial charge in [-0.25, -0.2) is 4.98 Å². The number of benzene rings is 2. The molecule has 0 saturated heterocycles. The zero-order valence-electron chi connectivity index (χ0n) is 28.6. The minimum atomic E-state index is -1.95. The van der Waals surface area contributed by atoms with E-state index in [2.05, 4.69) is 5.16 Å². The van der Waals surface area contributed by atoms with Crippen LogP contribution in [0.4, 0.5) is 5.82 Å². The fourth-order valence-corrected chi connectivity index (χ4v) is 8.06. The van der Waals surface area contributed by atoms with E-state index in [9.17, 15) is 9.59 Å². The number of nitrogens with zero attached hydrogens (tertiary/aromatic N) is 4. The highest BCUT2D eigenvalue weighted by Crippen LogP contribution is 2.57. The molecular weight excluding hydrogens is 624 g/mol. The summed E-state index contributed by atoms with van der Waals surface area (Å²) in [4.78, 5) is 53.1. The third-order valence-corrected chi connectivity index (χ3v) is 10.3. The molecule has 1 fully saturated rings. The maximum Gasteiger partial charge on any atom is 0.265 e. The maximum absolute atomic E-state index is 15.0. The fraction of sp³-hybridized carbons (Fsp3) is 0.395. The van der Waals surface area contributed by atoms with Gasteiger partial charge in [-0.05, 0) is 61.6 Å². The zero-order chi connectivity index (χ0) is 34.6. The van der Waals surface area contributed by atoms with Gasteiger partial charge < -0.3 is 23.6 Å². The molecule has 0 radical (unpaired) electrons. The molecule has 0 bridgehead atoms. The Balaban J connectivity index is 1.31. The molecule has 3 aliphatic carbocycles. The molecule has 0 spiro atoms. The van der Waals surface area contributed by atoms with E-state index in [1.54, 1.807) is 4.90 Å². The molecule has 3 aliphatic rings. The first-order valence-electron chi connectivity index (χ1n) is 16.5. The molecule has 5 atom stereocenters. The number of ketones is 3. The summed E-state index contributed by atoms with van der Waals surface area (Å²) in [6, 6.07) is 18.6. The van der Waals surface area contributed by atoms with Crippen molar-refractivity contribution in [3.8, 4) is 11.6 Å². The van der Waals surface area contributed by atoms with E-state index in [1.165, 1.54) is 7.11 Å². The molecule has 0 amide bonds. The summed E-state index contributed by atoms with van der Waals surface area (Å²) in [7, 11) is 8.77. The van der Waals surface area contributed by atoms with Gasteiger partial charge in [0, 0.05) is 32.8 Å². The van der Waals surface area contributed by atoms with E-state index < -0.39 is 35.0 Å². The summed E-state index contributed by atoms with van der Waals surface area (Å²) in [5, 5.41) is 4.17. The van der Waals surface area contributed by atoms with Crippen LogP contribution in [0, 0.1) is 24.7 Å². The van der Waals surface area contributed by atoms with Gasteiger partial charge in [0.1, 0.15) is 18.8 Å². The molecule has 11 nitrogen and oxygen atoms in total. The van der Waals surface area contributed by atoms with Crippen LogP contribution in [0.25, 0.3) is 0 Å². The lowest BCUT2D eigenvalue weighted by atomic mass is 9.54. The van der Waals surface area contributed by atoms with Gasteiger partial charge in [0.25, 0.3) is 5.88 Å². The standard InChI is InChI=1S/C38H40N4O7/c1-21-25-17-24-18-26-30(41(2)3)32-29(37(40-49-32)48-20-23-15-11-8-12-16-23)35(45)38(26,46-6)34(44)27(24)31(43)28(25)33(36(39-21)42(4)5)47-19-22-13-9-7-10-14-22/h7-16,24,26-27,30H,17-20H2,1-6H3. The second-order valence-electron chi connectivity index (χ2n) is 13.6. The van der Waals surface area contributed by atoms with Crippen LogP contribution >= 0.6 is 0 Å². The number of Topliss-reactive ketones (excluding diaryl/α,β-unsaturated/α-hetero) is 3. The van der Waals surface area contributed by atoms with Gasteiger partial charge in [-0.1, -0.05) is 60.7 Å². The third-order valence-electron chi connectivity index (χ3n) is 10.3. The van der Waals surface area contributed by atoms with Crippen molar-refractivity contribution in [2.75, 3.05) is 40.2 Å². The molecular formula is C38H40N4O7. The van der Waals surface area contributed by atoms with Gasteiger partial charge in [-0.2, -0.15) is 0 Å². The molecule has 5 unspecified atom stereocenters. The second-order valence-corrected chi connectivity index (χ2v) is 13.6. The SMILES string of the molecule is COC12C(=O)c3c(OCc4ccccc4)noc3C(N(C)C)C1CC1Cc3c(C)nc(N(C)C)c(OCc4ccccc4)c3C(=O)C1C2=O. The zero-order valence-corrected chi connectivity index (χ0v) is 28.6. The van der Waals surface area contributed by atoms with Gasteiger partial charge in [0.2, 0.25) is 5.78 Å². The van der Waals surface area contributed by atoms with Crippen molar-refractivity contribution in [1.82, 2.24) is 15.0 Å². The molecule has 0 N–H and O–H groups in total. The van der Waals surface area contributed by atoms with Crippen molar-refractivity contribution in [2.45, 2.75) is 44.6 Å². The number of hydrogen-bond donors (Lipinski definition) is 0. The van der Waals surface area contributed by atoms with Crippen molar-refractivity contribution >= 4 is 23.2 Å². The van der Waals surface area contributed by atoms with Crippen molar-refractivity contribution in [2.24, 2.45) is 17.8 Å². The highest BCUT2D eigenvalue weighted by atomic mass is 16.5. The number of fused-ring (bicyclic) bond motifs is 4. The monoisotopic (exact) mass is 664 g/mol. The van der Waals surface area contributed by atoms with Crippen molar-refractivity contribution < 1.29 is 33.1 Å². The van der Waals surface area contributed by atoms with Gasteiger partial charge in [-0.15, -0.1) is 0 Å². The quantitative estimate of drug-likeness (QED) is 0.223. The number of carbonyl (C=O) groups is 3. The summed E-state index contributed by atoms with van der Waals surface area (Å²) in [5.74, 6) is -2.54. The number of aromatic nitrogens is 2. The Kier molecular flexibility index (Phi) is 8.36. The van der Waals surface area contributed by atoms with Crippen LogP contribution in [0.5, 0.6) is 11.6 Å². The Morgan fingerprint density at radius 3 is 2.12 bits per heavy atom. The van der Waals surface area contributed by atoms with E-state index in [-0.39, 0.29) is 36.4 Å². The van der Waals surface area contributed by atoms with Gasteiger partial charge in [-0.3, -0.25) is 19.3 Å². The third kappa shape index (κ3) is 5.14. The fourth-order valence-electron chi connectivity index (χ4n) is 8.06. The molecule has 49 heavy (non-hydrogen) atoms. The molecule has 2 heterocycles. The van der Waals surface area contributed by atoms with Gasteiger partial charge in [0.05, 0.1) is 17.5 Å². The molecule has 4 aromatic rings. The number of carbonyl (C=O) groups excluding carboxylic acids is 3. The minimum absolute atomic E-state index is 0.00487. The number of anilines is 1. The Hall–Kier alpha value is -4.87. The van der Waals surface area contributed by atoms with Crippen LogP contribution in [0.3, 0.4) is 0 Å². The molecule has 11 heteroatoms. The smallest absolute Gasteiger partial charge is 0.265 e. The van der Waals surface area contributed by atoms with E-state index in [4.69, 9.17) is 23.7 Å². The highest BCUT2D eigenvalue weighted by molar-refractivity contribution is 6.27. The first-order valence-corrected chi connectivity index (χ1v) is 16.5. The Labute approximate surface area is 285 Å². The summed E-state index contributed by atoms with van der Waals surface area (Å²) in [6.07, 6.45) is 0.782. The summed E-state index contributed by atoms with van der Waals surface area (Å²) in [6.45, 7) is 2.24. The predicted molar refractivity (Wildman–Crippen MR) is 180 cm³/mol. The van der Waals surface area contributed by atoms with E-state index >= 15 is 4.79 Å².